The van der Waals surface area contributed by atoms with Gasteiger partial charge in [0.05, 0.1) is 0 Å². The van der Waals surface area contributed by atoms with Crippen molar-refractivity contribution in [2.45, 2.75) is 53.4 Å². The van der Waals surface area contributed by atoms with Crippen LogP contribution in [0.4, 0.5) is 0 Å². The Bertz CT molecular complexity index is 304. The van der Waals surface area contributed by atoms with E-state index in [4.69, 9.17) is 0 Å². The van der Waals surface area contributed by atoms with Gasteiger partial charge in [0.25, 0.3) is 0 Å². The summed E-state index contributed by atoms with van der Waals surface area (Å²) < 4.78 is 0. The molecular weight excluding hydrogens is 180 g/mol. The Kier molecular flexibility index (Phi) is 2.79. The van der Waals surface area contributed by atoms with Crippen molar-refractivity contribution in [1.82, 2.24) is 0 Å². The molecule has 2 atom stereocenters. The van der Waals surface area contributed by atoms with Gasteiger partial charge in [-0.3, -0.25) is 0 Å². The Morgan fingerprint density at radius 3 is 2.73 bits per heavy atom. The summed E-state index contributed by atoms with van der Waals surface area (Å²) in [5.41, 5.74) is 3.78. The zero-order valence-corrected chi connectivity index (χ0v) is 10.6. The molecule has 0 aromatic heterocycles. The van der Waals surface area contributed by atoms with E-state index in [0.29, 0.717) is 5.41 Å². The van der Waals surface area contributed by atoms with Crippen LogP contribution in [-0.4, -0.2) is 0 Å². The van der Waals surface area contributed by atoms with E-state index in [1.54, 1.807) is 11.1 Å². The van der Waals surface area contributed by atoms with Crippen molar-refractivity contribution in [1.29, 1.82) is 0 Å². The van der Waals surface area contributed by atoms with Crippen LogP contribution in [0.5, 0.6) is 0 Å². The Hall–Kier alpha value is -0.520. The van der Waals surface area contributed by atoms with Gasteiger partial charge in [-0.05, 0) is 43.9 Å². The Morgan fingerprint density at radius 1 is 1.27 bits per heavy atom. The van der Waals surface area contributed by atoms with Gasteiger partial charge in [-0.1, -0.05) is 44.1 Å². The molecule has 0 fully saturated rings. The first kappa shape index (κ1) is 11.0. The molecule has 0 heterocycles. The van der Waals surface area contributed by atoms with Gasteiger partial charge in [0.15, 0.2) is 0 Å². The second-order valence-electron chi connectivity index (χ2n) is 6.10. The topological polar surface area (TPSA) is 0 Å². The summed E-state index contributed by atoms with van der Waals surface area (Å²) in [5, 5.41) is 0. The molecule has 0 saturated heterocycles. The molecule has 0 amide bonds. The fourth-order valence-corrected chi connectivity index (χ4v) is 3.21. The van der Waals surface area contributed by atoms with Crippen molar-refractivity contribution in [3.63, 3.8) is 0 Å². The summed E-state index contributed by atoms with van der Waals surface area (Å²) in [6.45, 7) is 9.55. The standard InChI is InChI=1S/C15H24/c1-11-7-8-13-12(2)6-5-9-15(3,4)14(13)10-11/h6,10-11,13H,5,7-9H2,1-4H3/t11-,13+/m0/s1. The van der Waals surface area contributed by atoms with Gasteiger partial charge in [-0.15, -0.1) is 0 Å². The minimum absolute atomic E-state index is 0.424. The van der Waals surface area contributed by atoms with Crippen LogP contribution in [0.1, 0.15) is 53.4 Å². The van der Waals surface area contributed by atoms with Crippen molar-refractivity contribution in [2.24, 2.45) is 17.3 Å². The smallest absolute Gasteiger partial charge is 0.000980 e. The number of hydrogen-bond donors (Lipinski definition) is 0. The van der Waals surface area contributed by atoms with Crippen LogP contribution in [0, 0.1) is 17.3 Å². The van der Waals surface area contributed by atoms with Crippen LogP contribution in [0.2, 0.25) is 0 Å². The summed E-state index contributed by atoms with van der Waals surface area (Å²) in [5.74, 6) is 1.56. The van der Waals surface area contributed by atoms with E-state index in [9.17, 15) is 0 Å². The van der Waals surface area contributed by atoms with Gasteiger partial charge < -0.3 is 0 Å². The third kappa shape index (κ3) is 2.04. The molecule has 0 spiro atoms. The molecule has 0 aromatic rings. The molecule has 0 nitrogen and oxygen atoms in total. The zero-order valence-electron chi connectivity index (χ0n) is 10.6. The van der Waals surface area contributed by atoms with Gasteiger partial charge in [0.2, 0.25) is 0 Å². The Morgan fingerprint density at radius 2 is 2.00 bits per heavy atom. The molecule has 0 unspecified atom stereocenters. The molecule has 2 aliphatic carbocycles. The van der Waals surface area contributed by atoms with Crippen LogP contribution in [0.25, 0.3) is 0 Å². The van der Waals surface area contributed by atoms with E-state index in [1.165, 1.54) is 25.7 Å². The second kappa shape index (κ2) is 3.81. The fourth-order valence-electron chi connectivity index (χ4n) is 3.21. The molecule has 0 bridgehead atoms. The van der Waals surface area contributed by atoms with Crippen LogP contribution in [0.15, 0.2) is 23.3 Å². The molecule has 0 N–H and O–H groups in total. The second-order valence-corrected chi connectivity index (χ2v) is 6.10. The first-order valence-electron chi connectivity index (χ1n) is 6.39. The van der Waals surface area contributed by atoms with E-state index in [1.807, 2.05) is 0 Å². The molecule has 2 aliphatic rings. The number of allylic oxidation sites excluding steroid dienone is 4. The van der Waals surface area contributed by atoms with Gasteiger partial charge in [0, 0.05) is 5.92 Å². The van der Waals surface area contributed by atoms with E-state index in [-0.39, 0.29) is 0 Å². The van der Waals surface area contributed by atoms with Crippen molar-refractivity contribution in [3.8, 4) is 0 Å². The summed E-state index contributed by atoms with van der Waals surface area (Å²) in [4.78, 5) is 0. The monoisotopic (exact) mass is 204 g/mol. The summed E-state index contributed by atoms with van der Waals surface area (Å²) in [7, 11) is 0. The molecular formula is C15H24. The fraction of sp³-hybridized carbons (Fsp3) is 0.733. The Balaban J connectivity index is 2.40. The van der Waals surface area contributed by atoms with Crippen LogP contribution in [0.3, 0.4) is 0 Å². The van der Waals surface area contributed by atoms with Gasteiger partial charge in [-0.25, -0.2) is 0 Å². The highest BCUT2D eigenvalue weighted by molar-refractivity contribution is 5.29. The normalized spacial score (nSPS) is 34.9. The number of fused-ring (bicyclic) bond motifs is 1. The predicted molar refractivity (Wildman–Crippen MR) is 66.7 cm³/mol. The maximum absolute atomic E-state index is 2.57. The SMILES string of the molecule is CC1=CCCC(C)(C)C2=C[C@@H](C)CC[C@H]12. The lowest BCUT2D eigenvalue weighted by Crippen LogP contribution is -2.24. The predicted octanol–water partition coefficient (Wildman–Crippen LogP) is 4.73. The molecule has 0 aromatic carbocycles. The third-order valence-corrected chi connectivity index (χ3v) is 4.32. The molecule has 84 valence electrons. The van der Waals surface area contributed by atoms with Crippen LogP contribution >= 0.6 is 0 Å². The summed E-state index contributed by atoms with van der Waals surface area (Å²) >= 11 is 0. The highest BCUT2D eigenvalue weighted by atomic mass is 14.4. The average Bonchev–Trinajstić information content (AvgIpc) is 2.26. The molecule has 2 rings (SSSR count). The summed E-state index contributed by atoms with van der Waals surface area (Å²) in [6.07, 6.45) is 10.4. The summed E-state index contributed by atoms with van der Waals surface area (Å²) in [6, 6.07) is 0. The quantitative estimate of drug-likeness (QED) is 0.501. The molecule has 15 heavy (non-hydrogen) atoms. The van der Waals surface area contributed by atoms with Crippen LogP contribution in [-0.2, 0) is 0 Å². The maximum Gasteiger partial charge on any atom is 0.000980 e. The van der Waals surface area contributed by atoms with Gasteiger partial charge >= 0.3 is 0 Å². The van der Waals surface area contributed by atoms with Crippen molar-refractivity contribution < 1.29 is 0 Å². The first-order chi connectivity index (χ1) is 7.00. The lowest BCUT2D eigenvalue weighted by molar-refractivity contribution is 0.348. The minimum Gasteiger partial charge on any atom is -0.0850 e. The largest absolute Gasteiger partial charge is 0.0850 e. The van der Waals surface area contributed by atoms with Crippen molar-refractivity contribution in [3.05, 3.63) is 23.3 Å². The first-order valence-corrected chi connectivity index (χ1v) is 6.39. The minimum atomic E-state index is 0.424. The molecule has 0 aliphatic heterocycles. The highest BCUT2D eigenvalue weighted by Gasteiger charge is 2.34. The molecule has 0 radical (unpaired) electrons. The maximum atomic E-state index is 2.57. The number of hydrogen-bond acceptors (Lipinski definition) is 0. The van der Waals surface area contributed by atoms with E-state index in [2.05, 4.69) is 39.8 Å². The Labute approximate surface area is 94.5 Å². The highest BCUT2D eigenvalue weighted by Crippen LogP contribution is 2.47. The van der Waals surface area contributed by atoms with Crippen molar-refractivity contribution >= 4 is 0 Å². The zero-order chi connectivity index (χ0) is 11.1. The van der Waals surface area contributed by atoms with E-state index >= 15 is 0 Å². The molecule has 0 heteroatoms. The van der Waals surface area contributed by atoms with E-state index in [0.717, 1.165) is 11.8 Å². The lowest BCUT2D eigenvalue weighted by atomic mass is 9.69. The van der Waals surface area contributed by atoms with E-state index < -0.39 is 0 Å². The average molecular weight is 204 g/mol. The number of rotatable bonds is 0. The van der Waals surface area contributed by atoms with Crippen LogP contribution < -0.4 is 0 Å². The lowest BCUT2D eigenvalue weighted by Gasteiger charge is -2.36. The van der Waals surface area contributed by atoms with Gasteiger partial charge in [-0.2, -0.15) is 0 Å². The van der Waals surface area contributed by atoms with Gasteiger partial charge in [0.1, 0.15) is 0 Å². The van der Waals surface area contributed by atoms with Crippen molar-refractivity contribution in [2.75, 3.05) is 0 Å². The third-order valence-electron chi connectivity index (χ3n) is 4.32. The molecule has 0 saturated carbocycles.